The fourth-order valence-corrected chi connectivity index (χ4v) is 2.71. The Labute approximate surface area is 98.0 Å². The van der Waals surface area contributed by atoms with E-state index < -0.39 is 0 Å². The molecule has 2 rings (SSSR count). The molecule has 1 amide bonds. The summed E-state index contributed by atoms with van der Waals surface area (Å²) in [5.74, 6) is 1.32. The minimum atomic E-state index is 0. The first-order valence-electron chi connectivity index (χ1n) is 5.69. The lowest BCUT2D eigenvalue weighted by Crippen LogP contribution is -2.39. The van der Waals surface area contributed by atoms with Gasteiger partial charge in [-0.1, -0.05) is 6.92 Å². The molecule has 2 aliphatic heterocycles. The molecular formula is C11H21ClN2O. The Kier molecular flexibility index (Phi) is 4.41. The van der Waals surface area contributed by atoms with E-state index in [4.69, 9.17) is 0 Å². The second-order valence-electron chi connectivity index (χ2n) is 4.87. The predicted octanol–water partition coefficient (Wildman–Crippen LogP) is 1.27. The third-order valence-corrected chi connectivity index (χ3v) is 3.48. The zero-order valence-corrected chi connectivity index (χ0v) is 10.3. The third-order valence-electron chi connectivity index (χ3n) is 3.48. The largest absolute Gasteiger partial charge is 0.339 e. The standard InChI is InChI=1S/C11H20N2O.ClH/c1-8-5-9(2)13(7-8)11(14)10-3-4-12-6-10;/h8-10,12H,3-7H2,1-2H3;1H/t8?,9?,10-;/m1./s1. The maximum atomic E-state index is 12.1. The van der Waals surface area contributed by atoms with Gasteiger partial charge in [-0.05, 0) is 32.2 Å². The Morgan fingerprint density at radius 2 is 2.13 bits per heavy atom. The second kappa shape index (κ2) is 5.17. The van der Waals surface area contributed by atoms with Crippen LogP contribution in [0.5, 0.6) is 0 Å². The molecule has 0 aromatic heterocycles. The highest BCUT2D eigenvalue weighted by atomic mass is 35.5. The van der Waals surface area contributed by atoms with Gasteiger partial charge >= 0.3 is 0 Å². The third kappa shape index (κ3) is 2.64. The predicted molar refractivity (Wildman–Crippen MR) is 63.2 cm³/mol. The van der Waals surface area contributed by atoms with Gasteiger partial charge in [0.15, 0.2) is 0 Å². The minimum absolute atomic E-state index is 0. The van der Waals surface area contributed by atoms with E-state index in [2.05, 4.69) is 24.1 Å². The van der Waals surface area contributed by atoms with E-state index in [1.807, 2.05) is 0 Å². The number of halogens is 1. The molecule has 0 aromatic rings. The van der Waals surface area contributed by atoms with Crippen LogP contribution in [0.2, 0.25) is 0 Å². The smallest absolute Gasteiger partial charge is 0.227 e. The molecule has 0 aliphatic carbocycles. The first-order valence-corrected chi connectivity index (χ1v) is 5.69. The average molecular weight is 233 g/mol. The van der Waals surface area contributed by atoms with E-state index in [1.165, 1.54) is 6.42 Å². The van der Waals surface area contributed by atoms with Crippen LogP contribution in [0.15, 0.2) is 0 Å². The van der Waals surface area contributed by atoms with Gasteiger partial charge in [0.05, 0.1) is 5.92 Å². The summed E-state index contributed by atoms with van der Waals surface area (Å²) in [7, 11) is 0. The van der Waals surface area contributed by atoms with Gasteiger partial charge in [-0.15, -0.1) is 12.4 Å². The quantitative estimate of drug-likeness (QED) is 0.739. The van der Waals surface area contributed by atoms with Crippen LogP contribution in [0.1, 0.15) is 26.7 Å². The molecule has 4 heteroatoms. The molecule has 2 unspecified atom stereocenters. The van der Waals surface area contributed by atoms with Crippen molar-refractivity contribution in [2.45, 2.75) is 32.7 Å². The number of hydrogen-bond donors (Lipinski definition) is 1. The zero-order valence-electron chi connectivity index (χ0n) is 9.53. The highest BCUT2D eigenvalue weighted by Gasteiger charge is 2.34. The van der Waals surface area contributed by atoms with Crippen LogP contribution in [0.3, 0.4) is 0 Å². The molecule has 88 valence electrons. The van der Waals surface area contributed by atoms with Gasteiger partial charge in [0.2, 0.25) is 5.91 Å². The fraction of sp³-hybridized carbons (Fsp3) is 0.909. The summed E-state index contributed by atoms with van der Waals surface area (Å²) in [5, 5.41) is 3.26. The molecule has 0 spiro atoms. The molecule has 3 nitrogen and oxygen atoms in total. The lowest BCUT2D eigenvalue weighted by Gasteiger charge is -2.24. The summed E-state index contributed by atoms with van der Waals surface area (Å²) in [6.07, 6.45) is 2.20. The van der Waals surface area contributed by atoms with Crippen molar-refractivity contribution in [3.63, 3.8) is 0 Å². The molecule has 0 bridgehead atoms. The van der Waals surface area contributed by atoms with Crippen molar-refractivity contribution >= 4 is 18.3 Å². The Hall–Kier alpha value is -0.280. The van der Waals surface area contributed by atoms with Gasteiger partial charge in [0.1, 0.15) is 0 Å². The Morgan fingerprint density at radius 1 is 1.40 bits per heavy atom. The molecule has 2 aliphatic rings. The minimum Gasteiger partial charge on any atom is -0.339 e. The Balaban J connectivity index is 0.00000112. The van der Waals surface area contributed by atoms with E-state index in [0.717, 1.165) is 26.1 Å². The maximum Gasteiger partial charge on any atom is 0.227 e. The first-order chi connectivity index (χ1) is 6.68. The Bertz CT molecular complexity index is 229. The monoisotopic (exact) mass is 232 g/mol. The normalized spacial score (nSPS) is 35.3. The number of carbonyl (C=O) groups is 1. The summed E-state index contributed by atoms with van der Waals surface area (Å²) in [6, 6.07) is 0.457. The van der Waals surface area contributed by atoms with Crippen molar-refractivity contribution in [3.05, 3.63) is 0 Å². The molecule has 2 heterocycles. The molecular weight excluding hydrogens is 212 g/mol. The molecule has 0 aromatic carbocycles. The summed E-state index contributed by atoms with van der Waals surface area (Å²) < 4.78 is 0. The summed E-state index contributed by atoms with van der Waals surface area (Å²) in [5.41, 5.74) is 0. The number of likely N-dealkylation sites (tertiary alicyclic amines) is 1. The lowest BCUT2D eigenvalue weighted by molar-refractivity contribution is -0.135. The fourth-order valence-electron chi connectivity index (χ4n) is 2.71. The summed E-state index contributed by atoms with van der Waals surface area (Å²) >= 11 is 0. The lowest BCUT2D eigenvalue weighted by atomic mass is 10.1. The maximum absolute atomic E-state index is 12.1. The molecule has 2 saturated heterocycles. The van der Waals surface area contributed by atoms with Crippen molar-refractivity contribution in [2.75, 3.05) is 19.6 Å². The van der Waals surface area contributed by atoms with Gasteiger partial charge < -0.3 is 10.2 Å². The number of nitrogens with one attached hydrogen (secondary N) is 1. The molecule has 0 saturated carbocycles. The van der Waals surface area contributed by atoms with Gasteiger partial charge in [-0.25, -0.2) is 0 Å². The molecule has 1 N–H and O–H groups in total. The number of carbonyl (C=O) groups excluding carboxylic acids is 1. The number of nitrogens with zero attached hydrogens (tertiary/aromatic N) is 1. The summed E-state index contributed by atoms with van der Waals surface area (Å²) in [4.78, 5) is 14.2. The van der Waals surface area contributed by atoms with Crippen molar-refractivity contribution in [2.24, 2.45) is 11.8 Å². The van der Waals surface area contributed by atoms with Gasteiger partial charge in [0.25, 0.3) is 0 Å². The number of amides is 1. The number of rotatable bonds is 1. The highest BCUT2D eigenvalue weighted by molar-refractivity contribution is 5.85. The van der Waals surface area contributed by atoms with E-state index in [-0.39, 0.29) is 18.3 Å². The van der Waals surface area contributed by atoms with E-state index >= 15 is 0 Å². The van der Waals surface area contributed by atoms with Crippen LogP contribution in [0.4, 0.5) is 0 Å². The SMILES string of the molecule is CC1CC(C)N(C(=O)[C@@H]2CCNC2)C1.Cl. The average Bonchev–Trinajstić information content (AvgIpc) is 2.73. The van der Waals surface area contributed by atoms with Crippen LogP contribution >= 0.6 is 12.4 Å². The van der Waals surface area contributed by atoms with Crippen molar-refractivity contribution in [3.8, 4) is 0 Å². The molecule has 0 radical (unpaired) electrons. The van der Waals surface area contributed by atoms with Gasteiger partial charge in [-0.2, -0.15) is 0 Å². The van der Waals surface area contributed by atoms with Crippen molar-refractivity contribution < 1.29 is 4.79 Å². The van der Waals surface area contributed by atoms with Crippen molar-refractivity contribution in [1.29, 1.82) is 0 Å². The van der Waals surface area contributed by atoms with Crippen LogP contribution < -0.4 is 5.32 Å². The topological polar surface area (TPSA) is 32.3 Å². The van der Waals surface area contributed by atoms with Crippen molar-refractivity contribution in [1.82, 2.24) is 10.2 Å². The van der Waals surface area contributed by atoms with E-state index in [1.54, 1.807) is 0 Å². The van der Waals surface area contributed by atoms with E-state index in [9.17, 15) is 4.79 Å². The molecule has 15 heavy (non-hydrogen) atoms. The molecule has 2 fully saturated rings. The highest BCUT2D eigenvalue weighted by Crippen LogP contribution is 2.25. The number of hydrogen-bond acceptors (Lipinski definition) is 2. The first kappa shape index (κ1) is 12.8. The van der Waals surface area contributed by atoms with Gasteiger partial charge in [-0.3, -0.25) is 4.79 Å². The zero-order chi connectivity index (χ0) is 10.1. The van der Waals surface area contributed by atoms with Crippen LogP contribution in [-0.2, 0) is 4.79 Å². The van der Waals surface area contributed by atoms with Crippen LogP contribution in [0.25, 0.3) is 0 Å². The summed E-state index contributed by atoms with van der Waals surface area (Å²) in [6.45, 7) is 7.27. The molecule has 3 atom stereocenters. The second-order valence-corrected chi connectivity index (χ2v) is 4.87. The Morgan fingerprint density at radius 3 is 2.60 bits per heavy atom. The van der Waals surface area contributed by atoms with Gasteiger partial charge in [0, 0.05) is 19.1 Å². The van der Waals surface area contributed by atoms with Crippen LogP contribution in [-0.4, -0.2) is 36.5 Å². The van der Waals surface area contributed by atoms with Crippen LogP contribution in [0, 0.1) is 11.8 Å². The van der Waals surface area contributed by atoms with E-state index in [0.29, 0.717) is 17.9 Å².